The normalized spacial score (nSPS) is 9.89. The summed E-state index contributed by atoms with van der Waals surface area (Å²) in [6, 6.07) is 9.14. The Bertz CT molecular complexity index is 608. The van der Waals surface area contributed by atoms with Crippen molar-refractivity contribution in [1.82, 2.24) is 5.32 Å². The molecule has 4 heteroatoms. The second-order valence-electron chi connectivity index (χ2n) is 4.34. The van der Waals surface area contributed by atoms with Gasteiger partial charge in [0.1, 0.15) is 0 Å². The van der Waals surface area contributed by atoms with Crippen LogP contribution in [-0.4, -0.2) is 5.91 Å². The zero-order chi connectivity index (χ0) is 13.7. The van der Waals surface area contributed by atoms with Crippen LogP contribution in [0.3, 0.4) is 0 Å². The number of hydrogen-bond donors (Lipinski definition) is 1. The van der Waals surface area contributed by atoms with Gasteiger partial charge in [0, 0.05) is 6.54 Å². The van der Waals surface area contributed by atoms with E-state index in [-0.39, 0.29) is 5.91 Å². The number of nitriles is 1. The summed E-state index contributed by atoms with van der Waals surface area (Å²) >= 11 is 1.64. The molecule has 19 heavy (non-hydrogen) atoms. The van der Waals surface area contributed by atoms with E-state index in [2.05, 4.69) is 22.1 Å². The lowest BCUT2D eigenvalue weighted by Crippen LogP contribution is -2.24. The molecule has 0 atom stereocenters. The van der Waals surface area contributed by atoms with Crippen molar-refractivity contribution in [2.75, 3.05) is 0 Å². The van der Waals surface area contributed by atoms with Gasteiger partial charge in [0.25, 0.3) is 0 Å². The molecule has 2 aromatic rings. The maximum Gasteiger partial charge on any atom is 0.224 e. The fraction of sp³-hybridized carbons (Fsp3) is 0.200. The lowest BCUT2D eigenvalue weighted by Gasteiger charge is -2.05. The van der Waals surface area contributed by atoms with Gasteiger partial charge in [0.05, 0.1) is 18.1 Å². The highest BCUT2D eigenvalue weighted by molar-refractivity contribution is 7.08. The molecule has 0 saturated heterocycles. The van der Waals surface area contributed by atoms with Crippen LogP contribution in [-0.2, 0) is 17.8 Å². The summed E-state index contributed by atoms with van der Waals surface area (Å²) in [5.41, 5.74) is 3.90. The topological polar surface area (TPSA) is 52.9 Å². The molecule has 0 unspecified atom stereocenters. The molecule has 0 aliphatic heterocycles. The molecule has 1 aromatic heterocycles. The average molecular weight is 270 g/mol. The van der Waals surface area contributed by atoms with Crippen LogP contribution < -0.4 is 5.32 Å². The third kappa shape index (κ3) is 3.67. The van der Waals surface area contributed by atoms with Gasteiger partial charge in [-0.3, -0.25) is 4.79 Å². The second kappa shape index (κ2) is 6.17. The van der Waals surface area contributed by atoms with E-state index in [1.54, 1.807) is 23.5 Å². The Labute approximate surface area is 116 Å². The first-order valence-electron chi connectivity index (χ1n) is 5.96. The fourth-order valence-corrected chi connectivity index (χ4v) is 2.56. The summed E-state index contributed by atoms with van der Waals surface area (Å²) < 4.78 is 0. The summed E-state index contributed by atoms with van der Waals surface area (Å²) in [5, 5.41) is 15.7. The number of nitrogens with zero attached hydrogens (tertiary/aromatic N) is 1. The number of rotatable bonds is 4. The Morgan fingerprint density at radius 1 is 1.32 bits per heavy atom. The molecule has 0 bridgehead atoms. The Balaban J connectivity index is 1.87. The van der Waals surface area contributed by atoms with Crippen molar-refractivity contribution in [3.63, 3.8) is 0 Å². The Hall–Kier alpha value is -2.12. The standard InChI is InChI=1S/C15H14N2OS/c1-11-9-19-10-14(11)8-17-15(18)6-12-2-4-13(7-16)5-3-12/h2-5,9-10H,6,8H2,1H3,(H,17,18). The molecule has 96 valence electrons. The van der Waals surface area contributed by atoms with Crippen molar-refractivity contribution in [3.8, 4) is 6.07 Å². The lowest BCUT2D eigenvalue weighted by molar-refractivity contribution is -0.120. The number of carbonyl (C=O) groups excluding carboxylic acids is 1. The van der Waals surface area contributed by atoms with Crippen LogP contribution >= 0.6 is 11.3 Å². The Morgan fingerprint density at radius 2 is 2.05 bits per heavy atom. The monoisotopic (exact) mass is 270 g/mol. The molecule has 0 radical (unpaired) electrons. The van der Waals surface area contributed by atoms with Gasteiger partial charge in [0.15, 0.2) is 0 Å². The lowest BCUT2D eigenvalue weighted by atomic mass is 10.1. The first-order valence-corrected chi connectivity index (χ1v) is 6.90. The molecular formula is C15H14N2OS. The van der Waals surface area contributed by atoms with Crippen LogP contribution in [0.15, 0.2) is 35.0 Å². The van der Waals surface area contributed by atoms with Crippen LogP contribution in [0.1, 0.15) is 22.3 Å². The van der Waals surface area contributed by atoms with Gasteiger partial charge in [-0.25, -0.2) is 0 Å². The minimum absolute atomic E-state index is 0.00434. The zero-order valence-corrected chi connectivity index (χ0v) is 11.5. The molecule has 0 saturated carbocycles. The summed E-state index contributed by atoms with van der Waals surface area (Å²) in [7, 11) is 0. The van der Waals surface area contributed by atoms with Crippen LogP contribution in [0.4, 0.5) is 0 Å². The summed E-state index contributed by atoms with van der Waals surface area (Å²) in [4.78, 5) is 11.8. The molecule has 1 heterocycles. The second-order valence-corrected chi connectivity index (χ2v) is 5.09. The summed E-state index contributed by atoms with van der Waals surface area (Å²) in [5.74, 6) is -0.00434. The number of nitrogens with one attached hydrogen (secondary N) is 1. The highest BCUT2D eigenvalue weighted by atomic mass is 32.1. The SMILES string of the molecule is Cc1cscc1CNC(=O)Cc1ccc(C#N)cc1. The highest BCUT2D eigenvalue weighted by Gasteiger charge is 2.05. The van der Waals surface area contributed by atoms with Crippen molar-refractivity contribution < 1.29 is 4.79 Å². The largest absolute Gasteiger partial charge is 0.352 e. The first kappa shape index (κ1) is 13.3. The molecule has 3 nitrogen and oxygen atoms in total. The van der Waals surface area contributed by atoms with E-state index in [1.165, 1.54) is 5.56 Å². The number of aryl methyl sites for hydroxylation is 1. The smallest absolute Gasteiger partial charge is 0.224 e. The van der Waals surface area contributed by atoms with E-state index in [0.29, 0.717) is 18.5 Å². The maximum atomic E-state index is 11.8. The number of carbonyl (C=O) groups is 1. The van der Waals surface area contributed by atoms with Crippen molar-refractivity contribution in [3.05, 3.63) is 57.3 Å². The van der Waals surface area contributed by atoms with Crippen LogP contribution in [0, 0.1) is 18.3 Å². The zero-order valence-electron chi connectivity index (χ0n) is 10.6. The third-order valence-electron chi connectivity index (χ3n) is 2.89. The molecule has 1 aromatic carbocycles. The van der Waals surface area contributed by atoms with Gasteiger partial charge in [-0.15, -0.1) is 0 Å². The summed E-state index contributed by atoms with van der Waals surface area (Å²) in [6.07, 6.45) is 0.342. The molecule has 1 amide bonds. The van der Waals surface area contributed by atoms with Crippen molar-refractivity contribution in [2.24, 2.45) is 0 Å². The molecule has 0 spiro atoms. The predicted molar refractivity (Wildman–Crippen MR) is 75.8 cm³/mol. The quantitative estimate of drug-likeness (QED) is 0.928. The fourth-order valence-electron chi connectivity index (χ4n) is 1.71. The van der Waals surface area contributed by atoms with Crippen LogP contribution in [0.25, 0.3) is 0 Å². The highest BCUT2D eigenvalue weighted by Crippen LogP contribution is 2.13. The van der Waals surface area contributed by atoms with E-state index in [4.69, 9.17) is 5.26 Å². The van der Waals surface area contributed by atoms with Gasteiger partial charge in [-0.2, -0.15) is 16.6 Å². The molecule has 0 aliphatic rings. The minimum atomic E-state index is -0.00434. The van der Waals surface area contributed by atoms with Crippen molar-refractivity contribution in [1.29, 1.82) is 5.26 Å². The van der Waals surface area contributed by atoms with E-state index < -0.39 is 0 Å². The number of hydrogen-bond acceptors (Lipinski definition) is 3. The van der Waals surface area contributed by atoms with Crippen LogP contribution in [0.5, 0.6) is 0 Å². The summed E-state index contributed by atoms with van der Waals surface area (Å²) in [6.45, 7) is 2.61. The van der Waals surface area contributed by atoms with Crippen molar-refractivity contribution >= 4 is 17.2 Å². The maximum absolute atomic E-state index is 11.8. The molecule has 2 rings (SSSR count). The molecule has 0 aliphatic carbocycles. The van der Waals surface area contributed by atoms with Gasteiger partial charge in [0.2, 0.25) is 5.91 Å². The Kier molecular flexibility index (Phi) is 4.32. The third-order valence-corrected chi connectivity index (χ3v) is 3.80. The minimum Gasteiger partial charge on any atom is -0.352 e. The van der Waals surface area contributed by atoms with E-state index >= 15 is 0 Å². The van der Waals surface area contributed by atoms with E-state index in [0.717, 1.165) is 11.1 Å². The number of benzene rings is 1. The van der Waals surface area contributed by atoms with Gasteiger partial charge in [-0.1, -0.05) is 12.1 Å². The van der Waals surface area contributed by atoms with E-state index in [1.807, 2.05) is 19.1 Å². The molecular weight excluding hydrogens is 256 g/mol. The van der Waals surface area contributed by atoms with Gasteiger partial charge < -0.3 is 5.32 Å². The number of thiophene rings is 1. The van der Waals surface area contributed by atoms with Crippen molar-refractivity contribution in [2.45, 2.75) is 19.9 Å². The van der Waals surface area contributed by atoms with Crippen LogP contribution in [0.2, 0.25) is 0 Å². The average Bonchev–Trinajstić information content (AvgIpc) is 2.83. The molecule has 0 fully saturated rings. The number of amides is 1. The predicted octanol–water partition coefficient (Wildman–Crippen LogP) is 2.79. The molecule has 1 N–H and O–H groups in total. The first-order chi connectivity index (χ1) is 9.19. The Morgan fingerprint density at radius 3 is 2.63 bits per heavy atom. The van der Waals surface area contributed by atoms with Gasteiger partial charge in [-0.05, 0) is 46.5 Å². The van der Waals surface area contributed by atoms with E-state index in [9.17, 15) is 4.79 Å². The van der Waals surface area contributed by atoms with Gasteiger partial charge >= 0.3 is 0 Å².